The summed E-state index contributed by atoms with van der Waals surface area (Å²) in [7, 11) is 0. The summed E-state index contributed by atoms with van der Waals surface area (Å²) in [6, 6.07) is 7.87. The number of benzene rings is 1. The van der Waals surface area contributed by atoms with Gasteiger partial charge in [0.2, 0.25) is 11.8 Å². The number of amides is 2. The van der Waals surface area contributed by atoms with E-state index in [0.29, 0.717) is 6.54 Å². The van der Waals surface area contributed by atoms with Crippen molar-refractivity contribution >= 4 is 17.5 Å². The first-order chi connectivity index (χ1) is 9.63. The van der Waals surface area contributed by atoms with Crippen LogP contribution in [0, 0.1) is 5.41 Å². The maximum absolute atomic E-state index is 12.8. The van der Waals surface area contributed by atoms with E-state index < -0.39 is 5.41 Å². The molecule has 0 saturated carbocycles. The van der Waals surface area contributed by atoms with Crippen LogP contribution in [0.3, 0.4) is 0 Å². The van der Waals surface area contributed by atoms with Gasteiger partial charge < -0.3 is 10.2 Å². The molecular weight excluding hydrogens is 264 g/mol. The minimum absolute atomic E-state index is 0.144. The molecule has 0 spiro atoms. The van der Waals surface area contributed by atoms with Gasteiger partial charge in [0.15, 0.2) is 0 Å². The Labute approximate surface area is 126 Å². The zero-order chi connectivity index (χ0) is 15.8. The molecule has 0 radical (unpaired) electrons. The molecule has 0 aromatic heterocycles. The van der Waals surface area contributed by atoms with Crippen molar-refractivity contribution in [1.29, 1.82) is 0 Å². The molecule has 4 heteroatoms. The number of hydrogen-bond acceptors (Lipinski definition) is 2. The normalized spacial score (nSPS) is 14.8. The predicted octanol–water partition coefficient (Wildman–Crippen LogP) is 2.52. The standard InChI is InChI=1S/C17H24N2O2/c1-16(2,3)18-14(20)17(4,5)15(21)19-11-10-12-8-6-7-9-13(12)19/h6-9H,10-11H2,1-5H3,(H,18,20). The maximum Gasteiger partial charge on any atom is 0.242 e. The molecule has 114 valence electrons. The lowest BCUT2D eigenvalue weighted by molar-refractivity contribution is -0.140. The summed E-state index contributed by atoms with van der Waals surface area (Å²) in [5.41, 5.74) is 0.666. The molecule has 1 aliphatic rings. The number of nitrogens with one attached hydrogen (secondary N) is 1. The molecule has 1 heterocycles. The Morgan fingerprint density at radius 2 is 1.71 bits per heavy atom. The Bertz CT molecular complexity index is 570. The average molecular weight is 288 g/mol. The zero-order valence-electron chi connectivity index (χ0n) is 13.5. The van der Waals surface area contributed by atoms with Crippen LogP contribution in [0.2, 0.25) is 0 Å². The minimum Gasteiger partial charge on any atom is -0.351 e. The van der Waals surface area contributed by atoms with Gasteiger partial charge in [-0.3, -0.25) is 9.59 Å². The van der Waals surface area contributed by atoms with Gasteiger partial charge in [0, 0.05) is 17.8 Å². The highest BCUT2D eigenvalue weighted by molar-refractivity contribution is 6.11. The molecule has 1 aliphatic heterocycles. The van der Waals surface area contributed by atoms with E-state index in [4.69, 9.17) is 0 Å². The highest BCUT2D eigenvalue weighted by atomic mass is 16.2. The van der Waals surface area contributed by atoms with Crippen LogP contribution in [-0.2, 0) is 16.0 Å². The summed E-state index contributed by atoms with van der Waals surface area (Å²) in [6.07, 6.45) is 0.846. The van der Waals surface area contributed by atoms with Crippen molar-refractivity contribution in [1.82, 2.24) is 5.32 Å². The van der Waals surface area contributed by atoms with Gasteiger partial charge in [0.1, 0.15) is 5.41 Å². The molecule has 1 aromatic carbocycles. The first-order valence-electron chi connectivity index (χ1n) is 7.35. The number of rotatable bonds is 2. The van der Waals surface area contributed by atoms with Gasteiger partial charge in [-0.2, -0.15) is 0 Å². The van der Waals surface area contributed by atoms with Crippen molar-refractivity contribution in [3.8, 4) is 0 Å². The second-order valence-corrected chi connectivity index (χ2v) is 7.16. The summed E-state index contributed by atoms with van der Waals surface area (Å²) in [5.74, 6) is -0.376. The largest absolute Gasteiger partial charge is 0.351 e. The van der Waals surface area contributed by atoms with Crippen LogP contribution in [0.25, 0.3) is 0 Å². The third-order valence-corrected chi connectivity index (χ3v) is 3.72. The predicted molar refractivity (Wildman–Crippen MR) is 84.2 cm³/mol. The van der Waals surface area contributed by atoms with Crippen molar-refractivity contribution in [2.75, 3.05) is 11.4 Å². The van der Waals surface area contributed by atoms with Crippen LogP contribution in [0.1, 0.15) is 40.2 Å². The molecule has 21 heavy (non-hydrogen) atoms. The average Bonchev–Trinajstić information content (AvgIpc) is 2.79. The SMILES string of the molecule is CC(C)(C)NC(=O)C(C)(C)C(=O)N1CCc2ccccc21. The summed E-state index contributed by atoms with van der Waals surface area (Å²) >= 11 is 0. The highest BCUT2D eigenvalue weighted by Gasteiger charge is 2.42. The summed E-state index contributed by atoms with van der Waals surface area (Å²) < 4.78 is 0. The van der Waals surface area contributed by atoms with Crippen molar-refractivity contribution in [2.24, 2.45) is 5.41 Å². The van der Waals surface area contributed by atoms with Crippen molar-refractivity contribution in [3.63, 3.8) is 0 Å². The van der Waals surface area contributed by atoms with E-state index in [-0.39, 0.29) is 17.4 Å². The van der Waals surface area contributed by atoms with E-state index in [1.807, 2.05) is 45.0 Å². The van der Waals surface area contributed by atoms with Crippen LogP contribution < -0.4 is 10.2 Å². The van der Waals surface area contributed by atoms with Gasteiger partial charge in [-0.05, 0) is 52.7 Å². The zero-order valence-corrected chi connectivity index (χ0v) is 13.5. The molecular formula is C17H24N2O2. The van der Waals surface area contributed by atoms with Crippen LogP contribution in [0.4, 0.5) is 5.69 Å². The molecule has 0 fully saturated rings. The quantitative estimate of drug-likeness (QED) is 0.850. The highest BCUT2D eigenvalue weighted by Crippen LogP contribution is 2.32. The lowest BCUT2D eigenvalue weighted by Crippen LogP contribution is -2.53. The van der Waals surface area contributed by atoms with Crippen molar-refractivity contribution in [3.05, 3.63) is 29.8 Å². The fraction of sp³-hybridized carbons (Fsp3) is 0.529. The number of nitrogens with zero attached hydrogens (tertiary/aromatic N) is 1. The van der Waals surface area contributed by atoms with E-state index in [1.54, 1.807) is 18.7 Å². The van der Waals surface area contributed by atoms with Gasteiger partial charge in [-0.25, -0.2) is 0 Å². The van der Waals surface area contributed by atoms with E-state index in [9.17, 15) is 9.59 Å². The van der Waals surface area contributed by atoms with Crippen LogP contribution in [0.5, 0.6) is 0 Å². The molecule has 1 aromatic rings. The van der Waals surface area contributed by atoms with Crippen LogP contribution in [0.15, 0.2) is 24.3 Å². The topological polar surface area (TPSA) is 49.4 Å². The number of fused-ring (bicyclic) bond motifs is 1. The molecule has 0 saturated heterocycles. The molecule has 4 nitrogen and oxygen atoms in total. The molecule has 0 aliphatic carbocycles. The van der Waals surface area contributed by atoms with E-state index in [0.717, 1.165) is 17.7 Å². The van der Waals surface area contributed by atoms with Crippen LogP contribution >= 0.6 is 0 Å². The molecule has 2 amide bonds. The smallest absolute Gasteiger partial charge is 0.242 e. The Kier molecular flexibility index (Phi) is 3.83. The third kappa shape index (κ3) is 3.09. The maximum atomic E-state index is 12.8. The Hall–Kier alpha value is -1.84. The number of para-hydroxylation sites is 1. The van der Waals surface area contributed by atoms with Gasteiger partial charge in [0.25, 0.3) is 0 Å². The molecule has 0 unspecified atom stereocenters. The fourth-order valence-electron chi connectivity index (χ4n) is 2.48. The Balaban J connectivity index is 2.22. The first-order valence-corrected chi connectivity index (χ1v) is 7.35. The second kappa shape index (κ2) is 5.17. The lowest BCUT2D eigenvalue weighted by Gasteiger charge is -2.32. The van der Waals surface area contributed by atoms with Crippen molar-refractivity contribution in [2.45, 2.75) is 46.6 Å². The van der Waals surface area contributed by atoms with Gasteiger partial charge >= 0.3 is 0 Å². The number of carbonyl (C=O) groups is 2. The Morgan fingerprint density at radius 3 is 2.33 bits per heavy atom. The number of anilines is 1. The summed E-state index contributed by atoms with van der Waals surface area (Å²) in [4.78, 5) is 27.0. The van der Waals surface area contributed by atoms with Crippen molar-refractivity contribution < 1.29 is 9.59 Å². The molecule has 1 N–H and O–H groups in total. The monoisotopic (exact) mass is 288 g/mol. The number of carbonyl (C=O) groups excluding carboxylic acids is 2. The first kappa shape index (κ1) is 15.5. The third-order valence-electron chi connectivity index (χ3n) is 3.72. The van der Waals surface area contributed by atoms with Gasteiger partial charge in [-0.15, -0.1) is 0 Å². The fourth-order valence-corrected chi connectivity index (χ4v) is 2.48. The molecule has 0 atom stereocenters. The molecule has 2 rings (SSSR count). The second-order valence-electron chi connectivity index (χ2n) is 7.16. The summed E-state index contributed by atoms with van der Waals surface area (Å²) in [5, 5.41) is 2.90. The molecule has 0 bridgehead atoms. The van der Waals surface area contributed by atoms with Gasteiger partial charge in [0.05, 0.1) is 0 Å². The van der Waals surface area contributed by atoms with E-state index in [2.05, 4.69) is 5.32 Å². The lowest BCUT2D eigenvalue weighted by atomic mass is 9.89. The number of hydrogen-bond donors (Lipinski definition) is 1. The minimum atomic E-state index is -1.08. The van der Waals surface area contributed by atoms with Gasteiger partial charge in [-0.1, -0.05) is 18.2 Å². The summed E-state index contributed by atoms with van der Waals surface area (Å²) in [6.45, 7) is 9.77. The van der Waals surface area contributed by atoms with E-state index in [1.165, 1.54) is 0 Å². The Morgan fingerprint density at radius 1 is 1.10 bits per heavy atom. The van der Waals surface area contributed by atoms with E-state index >= 15 is 0 Å². The van der Waals surface area contributed by atoms with Crippen LogP contribution in [-0.4, -0.2) is 23.9 Å².